The van der Waals surface area contributed by atoms with E-state index < -0.39 is 26.7 Å². The molecule has 0 unspecified atom stereocenters. The third-order valence-electron chi connectivity index (χ3n) is 5.06. The third-order valence-corrected chi connectivity index (χ3v) is 6.03. The van der Waals surface area contributed by atoms with Crippen LogP contribution in [-0.2, 0) is 16.2 Å². The molecule has 1 saturated heterocycles. The number of furan rings is 1. The van der Waals surface area contributed by atoms with Gasteiger partial charge in [0, 0.05) is 24.8 Å². The van der Waals surface area contributed by atoms with Gasteiger partial charge in [0.2, 0.25) is 10.0 Å². The van der Waals surface area contributed by atoms with Crippen molar-refractivity contribution in [1.29, 1.82) is 0 Å². The Balaban J connectivity index is 1.70. The smallest absolute Gasteiger partial charge is 0.417 e. The number of carbonyl (C=O) groups is 1. The predicted octanol–water partition coefficient (Wildman–Crippen LogP) is 2.96. The highest BCUT2D eigenvalue weighted by Crippen LogP contribution is 2.36. The van der Waals surface area contributed by atoms with Crippen molar-refractivity contribution in [2.75, 3.05) is 18.0 Å². The van der Waals surface area contributed by atoms with Gasteiger partial charge in [0.1, 0.15) is 11.5 Å². The first-order valence-electron chi connectivity index (χ1n) is 9.23. The maximum absolute atomic E-state index is 13.3. The van der Waals surface area contributed by atoms with Crippen LogP contribution in [-0.4, -0.2) is 33.5 Å². The Kier molecular flexibility index (Phi) is 5.87. The summed E-state index contributed by atoms with van der Waals surface area (Å²) in [4.78, 5) is 13.2. The van der Waals surface area contributed by atoms with Gasteiger partial charge in [0.25, 0.3) is 5.91 Å². The molecule has 0 saturated carbocycles. The van der Waals surface area contributed by atoms with Gasteiger partial charge in [-0.1, -0.05) is 0 Å². The number of rotatable bonds is 4. The minimum atomic E-state index is -4.86. The summed E-state index contributed by atoms with van der Waals surface area (Å²) in [5.41, 5.74) is -0.576. The molecule has 7 nitrogen and oxygen atoms in total. The van der Waals surface area contributed by atoms with Crippen molar-refractivity contribution in [1.82, 2.24) is 5.32 Å². The lowest BCUT2D eigenvalue weighted by Gasteiger charge is -2.34. The number of primary sulfonamides is 1. The molecule has 1 aliphatic rings. The number of benzene rings is 1. The average molecular weight is 445 g/mol. The van der Waals surface area contributed by atoms with Crippen LogP contribution in [0.4, 0.5) is 18.9 Å². The van der Waals surface area contributed by atoms with Gasteiger partial charge in [-0.2, -0.15) is 13.2 Å². The second-order valence-electron chi connectivity index (χ2n) is 7.28. The SMILES string of the molecule is Cc1cc(C(=O)NC2CCN(c3ccc(S(N)(=O)=O)c(C(F)(F)F)c3)CC2)c(C)o1. The normalized spacial score (nSPS) is 16.0. The fourth-order valence-corrected chi connectivity index (χ4v) is 4.32. The summed E-state index contributed by atoms with van der Waals surface area (Å²) in [5.74, 6) is 0.910. The second-order valence-corrected chi connectivity index (χ2v) is 8.81. The zero-order chi connectivity index (χ0) is 22.3. The Hall–Kier alpha value is -2.53. The molecular weight excluding hydrogens is 423 g/mol. The summed E-state index contributed by atoms with van der Waals surface area (Å²) in [7, 11) is -4.51. The fraction of sp³-hybridized carbons (Fsp3) is 0.421. The predicted molar refractivity (Wildman–Crippen MR) is 104 cm³/mol. The first-order valence-corrected chi connectivity index (χ1v) is 10.8. The number of carbonyl (C=O) groups excluding carboxylic acids is 1. The Morgan fingerprint density at radius 2 is 1.83 bits per heavy atom. The van der Waals surface area contributed by atoms with Crippen molar-refractivity contribution >= 4 is 21.6 Å². The zero-order valence-electron chi connectivity index (χ0n) is 16.4. The summed E-state index contributed by atoms with van der Waals surface area (Å²) < 4.78 is 68.3. The Bertz CT molecular complexity index is 1060. The average Bonchev–Trinajstić information content (AvgIpc) is 2.99. The van der Waals surface area contributed by atoms with Crippen LogP contribution in [0.3, 0.4) is 0 Å². The molecule has 1 aliphatic heterocycles. The van der Waals surface area contributed by atoms with Gasteiger partial charge in [-0.05, 0) is 51.0 Å². The second kappa shape index (κ2) is 7.95. The Labute approximate surface area is 172 Å². The van der Waals surface area contributed by atoms with E-state index in [1.54, 1.807) is 24.8 Å². The number of amides is 1. The number of halogens is 3. The molecule has 0 bridgehead atoms. The van der Waals surface area contributed by atoms with Crippen LogP contribution in [0.15, 0.2) is 33.6 Å². The van der Waals surface area contributed by atoms with E-state index in [9.17, 15) is 26.4 Å². The van der Waals surface area contributed by atoms with Crippen LogP contribution < -0.4 is 15.4 Å². The van der Waals surface area contributed by atoms with Gasteiger partial charge < -0.3 is 14.6 Å². The van der Waals surface area contributed by atoms with Crippen molar-refractivity contribution in [2.24, 2.45) is 5.14 Å². The molecule has 2 aromatic rings. The number of nitrogens with two attached hydrogens (primary N) is 1. The van der Waals surface area contributed by atoms with E-state index in [2.05, 4.69) is 5.32 Å². The molecule has 1 aromatic heterocycles. The van der Waals surface area contributed by atoms with E-state index in [4.69, 9.17) is 9.56 Å². The largest absolute Gasteiger partial charge is 0.466 e. The Morgan fingerprint density at radius 1 is 1.20 bits per heavy atom. The molecule has 30 heavy (non-hydrogen) atoms. The molecule has 1 amide bonds. The molecule has 1 aromatic carbocycles. The summed E-state index contributed by atoms with van der Waals surface area (Å²) in [6.45, 7) is 4.26. The fourth-order valence-electron chi connectivity index (χ4n) is 3.59. The topological polar surface area (TPSA) is 106 Å². The molecule has 1 fully saturated rings. The lowest BCUT2D eigenvalue weighted by atomic mass is 10.0. The van der Waals surface area contributed by atoms with Crippen LogP contribution in [0, 0.1) is 13.8 Å². The number of aryl methyl sites for hydroxylation is 2. The van der Waals surface area contributed by atoms with E-state index in [0.717, 1.165) is 12.1 Å². The van der Waals surface area contributed by atoms with Crippen LogP contribution in [0.2, 0.25) is 0 Å². The van der Waals surface area contributed by atoms with E-state index in [0.29, 0.717) is 43.0 Å². The van der Waals surface area contributed by atoms with Crippen molar-refractivity contribution < 1.29 is 30.8 Å². The zero-order valence-corrected chi connectivity index (χ0v) is 17.2. The third kappa shape index (κ3) is 4.78. The first-order chi connectivity index (χ1) is 13.9. The summed E-state index contributed by atoms with van der Waals surface area (Å²) in [6.07, 6.45) is -3.80. The van der Waals surface area contributed by atoms with Gasteiger partial charge in [-0.15, -0.1) is 0 Å². The minimum absolute atomic E-state index is 0.130. The molecule has 164 valence electrons. The van der Waals surface area contributed by atoms with E-state index >= 15 is 0 Å². The summed E-state index contributed by atoms with van der Waals surface area (Å²) in [6, 6.07) is 4.52. The van der Waals surface area contributed by atoms with Gasteiger partial charge >= 0.3 is 6.18 Å². The van der Waals surface area contributed by atoms with Gasteiger partial charge in [0.05, 0.1) is 16.0 Å². The quantitative estimate of drug-likeness (QED) is 0.753. The highest BCUT2D eigenvalue weighted by Gasteiger charge is 2.37. The molecule has 0 atom stereocenters. The number of nitrogens with zero attached hydrogens (tertiary/aromatic N) is 1. The number of alkyl halides is 3. The molecule has 3 N–H and O–H groups in total. The number of nitrogens with one attached hydrogen (secondary N) is 1. The molecular formula is C19H22F3N3O4S. The molecule has 0 aliphatic carbocycles. The van der Waals surface area contributed by atoms with Crippen LogP contribution in [0.1, 0.15) is 40.3 Å². The molecule has 3 rings (SSSR count). The number of sulfonamides is 1. The Morgan fingerprint density at radius 3 is 2.33 bits per heavy atom. The number of piperidine rings is 1. The van der Waals surface area contributed by atoms with E-state index in [1.165, 1.54) is 6.07 Å². The maximum atomic E-state index is 13.3. The van der Waals surface area contributed by atoms with E-state index in [-0.39, 0.29) is 17.6 Å². The van der Waals surface area contributed by atoms with Crippen molar-refractivity contribution in [3.63, 3.8) is 0 Å². The van der Waals surface area contributed by atoms with Gasteiger partial charge in [-0.3, -0.25) is 4.79 Å². The van der Waals surface area contributed by atoms with Crippen LogP contribution >= 0.6 is 0 Å². The van der Waals surface area contributed by atoms with E-state index in [1.807, 2.05) is 0 Å². The molecule has 0 radical (unpaired) electrons. The summed E-state index contributed by atoms with van der Waals surface area (Å²) in [5, 5.41) is 7.84. The van der Waals surface area contributed by atoms with Crippen LogP contribution in [0.5, 0.6) is 0 Å². The summed E-state index contributed by atoms with van der Waals surface area (Å²) >= 11 is 0. The van der Waals surface area contributed by atoms with Gasteiger partial charge in [-0.25, -0.2) is 13.6 Å². The molecule has 0 spiro atoms. The highest BCUT2D eigenvalue weighted by atomic mass is 32.2. The lowest BCUT2D eigenvalue weighted by molar-refractivity contribution is -0.139. The standard InChI is InChI=1S/C19H22F3N3O4S/c1-11-9-15(12(2)29-11)18(26)24-13-5-7-25(8-6-13)14-3-4-17(30(23,27)28)16(10-14)19(20,21)22/h3-4,9-10,13H,5-8H2,1-2H3,(H,24,26)(H2,23,27,28). The monoisotopic (exact) mass is 445 g/mol. The highest BCUT2D eigenvalue weighted by molar-refractivity contribution is 7.89. The lowest BCUT2D eigenvalue weighted by Crippen LogP contribution is -2.44. The first kappa shape index (κ1) is 22.2. The van der Waals surface area contributed by atoms with Crippen molar-refractivity contribution in [3.05, 3.63) is 46.9 Å². The number of hydrogen-bond acceptors (Lipinski definition) is 5. The minimum Gasteiger partial charge on any atom is -0.466 e. The van der Waals surface area contributed by atoms with Crippen molar-refractivity contribution in [2.45, 2.75) is 43.8 Å². The van der Waals surface area contributed by atoms with Crippen molar-refractivity contribution in [3.8, 4) is 0 Å². The molecule has 11 heteroatoms. The maximum Gasteiger partial charge on any atom is 0.417 e. The molecule has 2 heterocycles. The van der Waals surface area contributed by atoms with Gasteiger partial charge in [0.15, 0.2) is 0 Å². The number of hydrogen-bond donors (Lipinski definition) is 2. The van der Waals surface area contributed by atoms with Crippen LogP contribution in [0.25, 0.3) is 0 Å². The number of anilines is 1.